The number of nitrogens with zero attached hydrogens (tertiary/aromatic N) is 2. The molecule has 0 saturated carbocycles. The minimum Gasteiger partial charge on any atom is -0.498 e. The molecule has 2 aliphatic rings. The van der Waals surface area contributed by atoms with Gasteiger partial charge < -0.3 is 4.74 Å². The summed E-state index contributed by atoms with van der Waals surface area (Å²) in [5.41, 5.74) is 2.87. The Hall–Kier alpha value is 0.840. The summed E-state index contributed by atoms with van der Waals surface area (Å²) in [6, 6.07) is 11.7. The number of benzene rings is 1. The maximum atomic E-state index is 6.09. The Bertz CT molecular complexity index is 558. The lowest BCUT2D eigenvalue weighted by molar-refractivity contribution is 0.144. The largest absolute Gasteiger partial charge is 0.498 e. The van der Waals surface area contributed by atoms with Crippen LogP contribution >= 0.6 is 60.6 Å². The van der Waals surface area contributed by atoms with Crippen molar-refractivity contribution >= 4 is 60.6 Å². The van der Waals surface area contributed by atoms with Crippen LogP contribution in [0.5, 0.6) is 0 Å². The Balaban J connectivity index is 1.95. The maximum absolute atomic E-state index is 6.09. The molecule has 1 aromatic rings. The second-order valence-electron chi connectivity index (χ2n) is 5.68. The highest BCUT2D eigenvalue weighted by molar-refractivity contribution is 14.2. The van der Waals surface area contributed by atoms with Crippen LogP contribution in [0.1, 0.15) is 31.4 Å². The fraction of sp³-hybridized carbons (Fsp3) is 0.500. The summed E-state index contributed by atoms with van der Waals surface area (Å²) in [4.78, 5) is 0. The second-order valence-corrected chi connectivity index (χ2v) is 9.26. The van der Waals surface area contributed by atoms with E-state index in [1.807, 2.05) is 18.2 Å². The molecule has 1 saturated heterocycles. The van der Waals surface area contributed by atoms with Crippen molar-refractivity contribution < 1.29 is 4.74 Å². The molecule has 126 valence electrons. The van der Waals surface area contributed by atoms with Crippen LogP contribution in [0.4, 0.5) is 0 Å². The van der Waals surface area contributed by atoms with Crippen molar-refractivity contribution in [2.24, 2.45) is 0 Å². The lowest BCUT2D eigenvalue weighted by atomic mass is 9.88. The first-order valence-electron chi connectivity index (χ1n) is 7.78. The average molecular weight is 574 g/mol. The zero-order chi connectivity index (χ0) is 16.2. The lowest BCUT2D eigenvalue weighted by Crippen LogP contribution is -2.46. The van der Waals surface area contributed by atoms with E-state index in [0.29, 0.717) is 12.1 Å². The number of halogens is 2. The zero-order valence-electron chi connectivity index (χ0n) is 13.0. The predicted molar refractivity (Wildman–Crippen MR) is 117 cm³/mol. The molecule has 3 nitrogen and oxygen atoms in total. The van der Waals surface area contributed by atoms with Crippen molar-refractivity contribution in [2.75, 3.05) is 19.7 Å². The fourth-order valence-electron chi connectivity index (χ4n) is 3.40. The van der Waals surface area contributed by atoms with Crippen molar-refractivity contribution in [2.45, 2.75) is 31.8 Å². The molecule has 0 N–H and O–H groups in total. The summed E-state index contributed by atoms with van der Waals surface area (Å²) in [6.07, 6.45) is 2.14. The molecule has 2 heterocycles. The summed E-state index contributed by atoms with van der Waals surface area (Å²) < 4.78 is 11.1. The highest BCUT2D eigenvalue weighted by atomic mass is 127. The average Bonchev–Trinajstić information content (AvgIpc) is 2.62. The molecule has 0 unspecified atom stereocenters. The third-order valence-corrected chi connectivity index (χ3v) is 8.64. The molecule has 0 spiro atoms. The highest BCUT2D eigenvalue weighted by Gasteiger charge is 2.40. The van der Waals surface area contributed by atoms with E-state index in [1.54, 1.807) is 0 Å². The van der Waals surface area contributed by atoms with E-state index in [9.17, 15) is 0 Å². The predicted octanol–water partition coefficient (Wildman–Crippen LogP) is 5.79. The van der Waals surface area contributed by atoms with Crippen LogP contribution in [0.2, 0.25) is 0 Å². The molecule has 0 bridgehead atoms. The quantitative estimate of drug-likeness (QED) is 0.326. The third-order valence-electron chi connectivity index (χ3n) is 4.43. The Morgan fingerprint density at radius 1 is 1.17 bits per heavy atom. The Kier molecular flexibility index (Phi) is 7.27. The molecule has 0 amide bonds. The van der Waals surface area contributed by atoms with Gasteiger partial charge in [-0.05, 0) is 37.1 Å². The molecule has 2 aliphatic heterocycles. The van der Waals surface area contributed by atoms with Gasteiger partial charge in [0.25, 0.3) is 0 Å². The molecule has 0 aromatic heterocycles. The summed E-state index contributed by atoms with van der Waals surface area (Å²) in [5, 5.41) is 0. The van der Waals surface area contributed by atoms with Gasteiger partial charge in [-0.2, -0.15) is 0 Å². The molecule has 23 heavy (non-hydrogen) atoms. The minimum atomic E-state index is 0.396. The number of hydrogen-bond donors (Lipinski definition) is 0. The van der Waals surface area contributed by atoms with Crippen LogP contribution in [-0.2, 0) is 4.74 Å². The smallest absolute Gasteiger partial charge is 0.1000 e. The summed E-state index contributed by atoms with van der Waals surface area (Å²) in [5.74, 6) is 1.23. The van der Waals surface area contributed by atoms with Crippen molar-refractivity contribution in [1.29, 1.82) is 0 Å². The van der Waals surface area contributed by atoms with Crippen molar-refractivity contribution in [1.82, 2.24) is 8.61 Å². The normalized spacial score (nSPS) is 26.2. The van der Waals surface area contributed by atoms with Gasteiger partial charge in [-0.15, -0.1) is 0 Å². The molecule has 1 aromatic carbocycles. The van der Waals surface area contributed by atoms with Gasteiger partial charge in [0.15, 0.2) is 0 Å². The highest BCUT2D eigenvalue weighted by Crippen LogP contribution is 2.47. The topological polar surface area (TPSA) is 15.7 Å². The van der Waals surface area contributed by atoms with E-state index in [4.69, 9.17) is 4.74 Å². The first-order valence-corrected chi connectivity index (χ1v) is 14.4. The molecule has 1 fully saturated rings. The Morgan fingerprint density at radius 2 is 1.96 bits per heavy atom. The van der Waals surface area contributed by atoms with Gasteiger partial charge in [0, 0.05) is 73.5 Å². The van der Waals surface area contributed by atoms with Gasteiger partial charge in [-0.25, -0.2) is 8.61 Å². The van der Waals surface area contributed by atoms with Crippen molar-refractivity contribution in [3.63, 3.8) is 0 Å². The van der Waals surface area contributed by atoms with E-state index >= 15 is 0 Å². The zero-order valence-corrected chi connectivity index (χ0v) is 18.9. The number of piperidine rings is 1. The van der Waals surface area contributed by atoms with Crippen LogP contribution in [0.15, 0.2) is 41.7 Å². The molecular formula is C16H20I2N2OS2. The van der Waals surface area contributed by atoms with Crippen LogP contribution in [-0.4, -0.2) is 34.3 Å². The van der Waals surface area contributed by atoms with E-state index in [0.717, 1.165) is 26.1 Å². The molecule has 7 heteroatoms. The monoisotopic (exact) mass is 574 g/mol. The van der Waals surface area contributed by atoms with Gasteiger partial charge in [-0.1, -0.05) is 30.3 Å². The molecule has 2 atom stereocenters. The SMILES string of the molecule is CCOC1=C2CN(SI)CC[C@@H]2N(SI)[C@H](c2ccccc2)C1. The first-order chi connectivity index (χ1) is 11.3. The molecule has 3 rings (SSSR count). The van der Waals surface area contributed by atoms with E-state index in [2.05, 4.69) is 88.3 Å². The van der Waals surface area contributed by atoms with E-state index < -0.39 is 0 Å². The molecular weight excluding hydrogens is 554 g/mol. The van der Waals surface area contributed by atoms with Crippen molar-refractivity contribution in [3.05, 3.63) is 47.2 Å². The van der Waals surface area contributed by atoms with Gasteiger partial charge >= 0.3 is 0 Å². The second kappa shape index (κ2) is 8.98. The standard InChI is InChI=1S/C16H20I2N2OS2/c1-2-21-16-10-15(12-6-4-3-5-7-12)20(23-18)14-8-9-19(22-17)11-13(14)16/h3-7,14-15H,2,8-11H2,1H3/t14-,15-/m0/s1. The van der Waals surface area contributed by atoms with E-state index in [-0.39, 0.29) is 0 Å². The lowest BCUT2D eigenvalue weighted by Gasteiger charge is -2.45. The maximum Gasteiger partial charge on any atom is 0.1000 e. The third kappa shape index (κ3) is 4.16. The molecule has 0 aliphatic carbocycles. The summed E-state index contributed by atoms with van der Waals surface area (Å²) in [6.45, 7) is 4.99. The van der Waals surface area contributed by atoms with Gasteiger partial charge in [-0.3, -0.25) is 0 Å². The number of hydrogen-bond acceptors (Lipinski definition) is 5. The number of fused-ring (bicyclic) bond motifs is 1. The number of ether oxygens (including phenoxy) is 1. The summed E-state index contributed by atoms with van der Waals surface area (Å²) in [7, 11) is 3.66. The van der Waals surface area contributed by atoms with Gasteiger partial charge in [0.2, 0.25) is 0 Å². The number of rotatable bonds is 5. The van der Waals surface area contributed by atoms with Gasteiger partial charge in [0.1, 0.15) is 0 Å². The van der Waals surface area contributed by atoms with Crippen molar-refractivity contribution in [3.8, 4) is 0 Å². The Labute approximate surface area is 171 Å². The van der Waals surface area contributed by atoms with Crippen LogP contribution < -0.4 is 0 Å². The van der Waals surface area contributed by atoms with E-state index in [1.165, 1.54) is 23.3 Å². The summed E-state index contributed by atoms with van der Waals surface area (Å²) >= 11 is 4.83. The van der Waals surface area contributed by atoms with Crippen LogP contribution in [0, 0.1) is 0 Å². The fourth-order valence-corrected chi connectivity index (χ4v) is 7.04. The minimum absolute atomic E-state index is 0.396. The Morgan fingerprint density at radius 3 is 2.61 bits per heavy atom. The first kappa shape index (κ1) is 18.6. The molecule has 0 radical (unpaired) electrons. The van der Waals surface area contributed by atoms with Crippen LogP contribution in [0.25, 0.3) is 0 Å². The van der Waals surface area contributed by atoms with Crippen LogP contribution in [0.3, 0.4) is 0 Å². The van der Waals surface area contributed by atoms with Gasteiger partial charge in [0.05, 0.1) is 18.4 Å².